The largest absolute Gasteiger partial charge is 0.493 e. The Balaban J connectivity index is 1.81. The van der Waals surface area contributed by atoms with E-state index in [0.717, 1.165) is 0 Å². The van der Waals surface area contributed by atoms with Gasteiger partial charge in [0, 0.05) is 12.0 Å². The Hall–Kier alpha value is -3.07. The van der Waals surface area contributed by atoms with E-state index in [1.54, 1.807) is 49.4 Å². The first-order valence-corrected chi connectivity index (χ1v) is 7.11. The summed E-state index contributed by atoms with van der Waals surface area (Å²) >= 11 is 0. The Labute approximate surface area is 134 Å². The molecule has 0 atom stereocenters. The van der Waals surface area contributed by atoms with E-state index in [4.69, 9.17) is 14.7 Å². The summed E-state index contributed by atoms with van der Waals surface area (Å²) in [6.45, 7) is 2.42. The molecule has 0 radical (unpaired) electrons. The molecule has 6 nitrogen and oxygen atoms in total. The number of nitro groups is 1. The zero-order valence-corrected chi connectivity index (χ0v) is 12.7. The minimum atomic E-state index is -0.433. The van der Waals surface area contributed by atoms with Crippen LogP contribution >= 0.6 is 0 Å². The number of para-hydroxylation sites is 1. The summed E-state index contributed by atoms with van der Waals surface area (Å²) in [5, 5.41) is 19.8. The van der Waals surface area contributed by atoms with E-state index in [1.165, 1.54) is 0 Å². The predicted octanol–water partition coefficient (Wildman–Crippen LogP) is 3.62. The van der Waals surface area contributed by atoms with Gasteiger partial charge in [0.1, 0.15) is 5.75 Å². The molecule has 2 aromatic carbocycles. The van der Waals surface area contributed by atoms with Crippen LogP contribution < -0.4 is 9.47 Å². The maximum absolute atomic E-state index is 11.0. The van der Waals surface area contributed by atoms with Gasteiger partial charge in [-0.15, -0.1) is 0 Å². The van der Waals surface area contributed by atoms with E-state index < -0.39 is 4.92 Å². The first-order valence-electron chi connectivity index (χ1n) is 7.11. The molecule has 0 bridgehead atoms. The summed E-state index contributed by atoms with van der Waals surface area (Å²) in [7, 11) is 0. The minimum absolute atomic E-state index is 0.000473. The van der Waals surface area contributed by atoms with E-state index in [0.29, 0.717) is 36.5 Å². The molecule has 0 N–H and O–H groups in total. The third kappa shape index (κ3) is 4.45. The van der Waals surface area contributed by atoms with Crippen LogP contribution in [0.15, 0.2) is 42.5 Å². The highest BCUT2D eigenvalue weighted by atomic mass is 16.6. The van der Waals surface area contributed by atoms with Crippen LogP contribution in [0.3, 0.4) is 0 Å². The van der Waals surface area contributed by atoms with Gasteiger partial charge >= 0.3 is 5.69 Å². The Kier molecular flexibility index (Phi) is 5.53. The molecule has 0 heterocycles. The smallest absolute Gasteiger partial charge is 0.313 e. The van der Waals surface area contributed by atoms with Gasteiger partial charge in [-0.05, 0) is 37.3 Å². The topological polar surface area (TPSA) is 85.4 Å². The predicted molar refractivity (Wildman–Crippen MR) is 84.6 cm³/mol. The fourth-order valence-electron chi connectivity index (χ4n) is 2.04. The number of aryl methyl sites for hydroxylation is 1. The van der Waals surface area contributed by atoms with Crippen molar-refractivity contribution in [3.8, 4) is 17.6 Å². The van der Waals surface area contributed by atoms with Crippen LogP contribution in [-0.2, 0) is 0 Å². The second-order valence-corrected chi connectivity index (χ2v) is 4.87. The third-order valence-electron chi connectivity index (χ3n) is 3.18. The van der Waals surface area contributed by atoms with Gasteiger partial charge in [-0.3, -0.25) is 10.1 Å². The molecule has 118 valence electrons. The Morgan fingerprint density at radius 3 is 2.48 bits per heavy atom. The Morgan fingerprint density at radius 2 is 1.83 bits per heavy atom. The van der Waals surface area contributed by atoms with Crippen molar-refractivity contribution in [2.45, 2.75) is 13.3 Å². The quantitative estimate of drug-likeness (QED) is 0.443. The maximum Gasteiger partial charge on any atom is 0.313 e. The molecule has 0 spiro atoms. The minimum Gasteiger partial charge on any atom is -0.493 e. The number of nitriles is 1. The molecule has 0 saturated carbocycles. The summed E-state index contributed by atoms with van der Waals surface area (Å²) in [5.41, 5.74) is 1.15. The van der Waals surface area contributed by atoms with Crippen LogP contribution in [0.4, 0.5) is 5.69 Å². The van der Waals surface area contributed by atoms with Crippen molar-refractivity contribution >= 4 is 5.69 Å². The summed E-state index contributed by atoms with van der Waals surface area (Å²) in [4.78, 5) is 10.6. The lowest BCUT2D eigenvalue weighted by Crippen LogP contribution is -2.06. The molecule has 2 aromatic rings. The van der Waals surface area contributed by atoms with Crippen molar-refractivity contribution in [1.29, 1.82) is 5.26 Å². The number of ether oxygens (including phenoxy) is 2. The fraction of sp³-hybridized carbons (Fsp3) is 0.235. The van der Waals surface area contributed by atoms with Crippen molar-refractivity contribution in [3.05, 3.63) is 63.7 Å². The lowest BCUT2D eigenvalue weighted by Gasteiger charge is -2.09. The normalized spacial score (nSPS) is 9.91. The average molecular weight is 312 g/mol. The third-order valence-corrected chi connectivity index (χ3v) is 3.18. The van der Waals surface area contributed by atoms with Gasteiger partial charge in [-0.2, -0.15) is 5.26 Å². The first-order chi connectivity index (χ1) is 11.1. The van der Waals surface area contributed by atoms with Crippen LogP contribution in [0.25, 0.3) is 0 Å². The molecule has 0 saturated heterocycles. The van der Waals surface area contributed by atoms with Crippen LogP contribution in [0, 0.1) is 28.4 Å². The summed E-state index contributed by atoms with van der Waals surface area (Å²) in [6, 6.07) is 13.9. The van der Waals surface area contributed by atoms with Gasteiger partial charge < -0.3 is 9.47 Å². The van der Waals surface area contributed by atoms with Crippen LogP contribution in [-0.4, -0.2) is 18.1 Å². The van der Waals surface area contributed by atoms with E-state index in [9.17, 15) is 10.1 Å². The molecule has 0 unspecified atom stereocenters. The second-order valence-electron chi connectivity index (χ2n) is 4.87. The number of hydrogen-bond donors (Lipinski definition) is 0. The van der Waals surface area contributed by atoms with Gasteiger partial charge in [0.25, 0.3) is 0 Å². The fourth-order valence-corrected chi connectivity index (χ4v) is 2.04. The van der Waals surface area contributed by atoms with Crippen molar-refractivity contribution in [2.75, 3.05) is 13.2 Å². The standard InChI is InChI=1S/C17H16N2O4/c1-13-4-2-5-16(17(13)19(20)21)23-11-3-10-22-15-8-6-14(12-18)7-9-15/h2,4-9H,3,10-11H2,1H3. The van der Waals surface area contributed by atoms with E-state index in [-0.39, 0.29) is 11.4 Å². The van der Waals surface area contributed by atoms with Gasteiger partial charge in [-0.25, -0.2) is 0 Å². The highest BCUT2D eigenvalue weighted by Gasteiger charge is 2.17. The first kappa shape index (κ1) is 16.3. The monoisotopic (exact) mass is 312 g/mol. The van der Waals surface area contributed by atoms with Gasteiger partial charge in [0.15, 0.2) is 5.75 Å². The molecule has 0 amide bonds. The number of nitrogens with zero attached hydrogens (tertiary/aromatic N) is 2. The highest BCUT2D eigenvalue weighted by Crippen LogP contribution is 2.30. The zero-order chi connectivity index (χ0) is 16.7. The molecule has 0 fully saturated rings. The van der Waals surface area contributed by atoms with E-state index in [1.807, 2.05) is 6.07 Å². The number of nitro benzene ring substituents is 1. The van der Waals surface area contributed by atoms with Gasteiger partial charge in [0.05, 0.1) is 29.8 Å². The molecule has 6 heteroatoms. The molecule has 23 heavy (non-hydrogen) atoms. The SMILES string of the molecule is Cc1cccc(OCCCOc2ccc(C#N)cc2)c1[N+](=O)[O-]. The van der Waals surface area contributed by atoms with Gasteiger partial charge in [-0.1, -0.05) is 12.1 Å². The summed E-state index contributed by atoms with van der Waals surface area (Å²) in [5.74, 6) is 0.943. The lowest BCUT2D eigenvalue weighted by molar-refractivity contribution is -0.386. The van der Waals surface area contributed by atoms with E-state index in [2.05, 4.69) is 0 Å². The van der Waals surface area contributed by atoms with Crippen molar-refractivity contribution in [3.63, 3.8) is 0 Å². The second kappa shape index (κ2) is 7.80. The molecule has 0 aliphatic carbocycles. The Morgan fingerprint density at radius 1 is 1.13 bits per heavy atom. The molecule has 0 aromatic heterocycles. The number of benzene rings is 2. The molecule has 0 aliphatic heterocycles. The zero-order valence-electron chi connectivity index (χ0n) is 12.7. The van der Waals surface area contributed by atoms with Crippen LogP contribution in [0.1, 0.15) is 17.5 Å². The maximum atomic E-state index is 11.0. The number of rotatable bonds is 7. The van der Waals surface area contributed by atoms with Crippen molar-refractivity contribution < 1.29 is 14.4 Å². The lowest BCUT2D eigenvalue weighted by atomic mass is 10.2. The molecular formula is C17H16N2O4. The van der Waals surface area contributed by atoms with Crippen molar-refractivity contribution in [1.82, 2.24) is 0 Å². The molecule has 2 rings (SSSR count). The summed E-state index contributed by atoms with van der Waals surface area (Å²) < 4.78 is 11.0. The van der Waals surface area contributed by atoms with Crippen LogP contribution in [0.2, 0.25) is 0 Å². The van der Waals surface area contributed by atoms with Crippen LogP contribution in [0.5, 0.6) is 11.5 Å². The number of hydrogen-bond acceptors (Lipinski definition) is 5. The Bertz CT molecular complexity index is 720. The van der Waals surface area contributed by atoms with Crippen molar-refractivity contribution in [2.24, 2.45) is 0 Å². The highest BCUT2D eigenvalue weighted by molar-refractivity contribution is 5.52. The molecular weight excluding hydrogens is 296 g/mol. The summed E-state index contributed by atoms with van der Waals surface area (Å²) in [6.07, 6.45) is 0.588. The average Bonchev–Trinajstić information content (AvgIpc) is 2.54. The molecule has 0 aliphatic rings. The van der Waals surface area contributed by atoms with E-state index >= 15 is 0 Å². The van der Waals surface area contributed by atoms with Gasteiger partial charge in [0.2, 0.25) is 0 Å².